The smallest absolute Gasteiger partial charge is 0.325 e. The lowest BCUT2D eigenvalue weighted by Crippen LogP contribution is -2.31. The van der Waals surface area contributed by atoms with Gasteiger partial charge in [-0.25, -0.2) is 0 Å². The maximum absolute atomic E-state index is 11.6. The maximum Gasteiger partial charge on any atom is 0.325 e. The monoisotopic (exact) mass is 315 g/mol. The van der Waals surface area contributed by atoms with Crippen molar-refractivity contribution in [2.45, 2.75) is 6.92 Å². The molecule has 1 aromatic rings. The Labute approximate surface area is 114 Å². The molecule has 6 heteroatoms. The second-order valence-electron chi connectivity index (χ2n) is 3.47. The molecule has 5 nitrogen and oxygen atoms in total. The Morgan fingerprint density at radius 1 is 1.50 bits per heavy atom. The zero-order chi connectivity index (χ0) is 13.5. The Kier molecular flexibility index (Phi) is 5.64. The first-order valence-corrected chi connectivity index (χ1v) is 6.16. The Hall–Kier alpha value is -1.56. The first-order valence-electron chi connectivity index (χ1n) is 5.37. The van der Waals surface area contributed by atoms with Crippen molar-refractivity contribution in [3.05, 3.63) is 28.6 Å². The predicted molar refractivity (Wildman–Crippen MR) is 69.7 cm³/mol. The van der Waals surface area contributed by atoms with E-state index in [4.69, 9.17) is 9.15 Å². The van der Waals surface area contributed by atoms with Crippen LogP contribution in [0.5, 0.6) is 0 Å². The third-order valence-corrected chi connectivity index (χ3v) is 2.46. The molecular weight excluding hydrogens is 302 g/mol. The molecule has 1 rings (SSSR count). The number of ether oxygens (including phenoxy) is 1. The topological polar surface area (TPSA) is 59.8 Å². The molecule has 0 fully saturated rings. The van der Waals surface area contributed by atoms with Crippen LogP contribution in [0.25, 0.3) is 6.08 Å². The summed E-state index contributed by atoms with van der Waals surface area (Å²) in [6, 6.07) is 3.45. The molecule has 0 spiro atoms. The van der Waals surface area contributed by atoms with Gasteiger partial charge in [-0.15, -0.1) is 0 Å². The lowest BCUT2D eigenvalue weighted by atomic mass is 10.3. The van der Waals surface area contributed by atoms with Gasteiger partial charge in [0.25, 0.3) is 0 Å². The van der Waals surface area contributed by atoms with Crippen molar-refractivity contribution in [1.29, 1.82) is 0 Å². The fraction of sp³-hybridized carbons (Fsp3) is 0.333. The van der Waals surface area contributed by atoms with Crippen LogP contribution in [0.3, 0.4) is 0 Å². The highest BCUT2D eigenvalue weighted by atomic mass is 79.9. The van der Waals surface area contributed by atoms with Gasteiger partial charge in [0.05, 0.1) is 6.61 Å². The number of hydrogen-bond donors (Lipinski definition) is 0. The quantitative estimate of drug-likeness (QED) is 0.616. The van der Waals surface area contributed by atoms with Crippen molar-refractivity contribution in [1.82, 2.24) is 4.90 Å². The Morgan fingerprint density at radius 2 is 2.22 bits per heavy atom. The molecule has 18 heavy (non-hydrogen) atoms. The average molecular weight is 316 g/mol. The minimum absolute atomic E-state index is 0.0706. The zero-order valence-electron chi connectivity index (χ0n) is 10.2. The molecule has 98 valence electrons. The summed E-state index contributed by atoms with van der Waals surface area (Å²) in [6.45, 7) is 1.95. The van der Waals surface area contributed by atoms with E-state index in [0.717, 1.165) is 0 Å². The molecule has 0 saturated heterocycles. The van der Waals surface area contributed by atoms with E-state index in [1.54, 1.807) is 19.1 Å². The predicted octanol–water partition coefficient (Wildman–Crippen LogP) is 2.08. The van der Waals surface area contributed by atoms with Gasteiger partial charge in [-0.2, -0.15) is 0 Å². The van der Waals surface area contributed by atoms with E-state index in [0.29, 0.717) is 17.0 Å². The minimum Gasteiger partial charge on any atom is -0.465 e. The van der Waals surface area contributed by atoms with Gasteiger partial charge in [-0.3, -0.25) is 9.59 Å². The van der Waals surface area contributed by atoms with Crippen LogP contribution in [0.1, 0.15) is 12.7 Å². The third-order valence-electron chi connectivity index (χ3n) is 2.03. The van der Waals surface area contributed by atoms with Crippen LogP contribution in [0.15, 0.2) is 27.3 Å². The molecule has 1 heterocycles. The van der Waals surface area contributed by atoms with E-state index in [1.165, 1.54) is 24.1 Å². The van der Waals surface area contributed by atoms with Crippen LogP contribution in [0.4, 0.5) is 0 Å². The van der Waals surface area contributed by atoms with Crippen LogP contribution in [-0.4, -0.2) is 37.0 Å². The van der Waals surface area contributed by atoms with Crippen molar-refractivity contribution in [2.24, 2.45) is 0 Å². The number of likely N-dealkylation sites (N-methyl/N-ethyl adjacent to an activating group) is 1. The van der Waals surface area contributed by atoms with Crippen LogP contribution in [0, 0.1) is 0 Å². The van der Waals surface area contributed by atoms with Crippen LogP contribution in [0.2, 0.25) is 0 Å². The first kappa shape index (κ1) is 14.5. The third kappa shape index (κ3) is 4.75. The number of rotatable bonds is 5. The van der Waals surface area contributed by atoms with Crippen LogP contribution in [-0.2, 0) is 14.3 Å². The van der Waals surface area contributed by atoms with E-state index in [9.17, 15) is 9.59 Å². The number of amides is 1. The second-order valence-corrected chi connectivity index (χ2v) is 4.26. The van der Waals surface area contributed by atoms with Crippen molar-refractivity contribution in [2.75, 3.05) is 20.2 Å². The lowest BCUT2D eigenvalue weighted by Gasteiger charge is -2.13. The number of furan rings is 1. The molecule has 0 aliphatic rings. The molecule has 0 unspecified atom stereocenters. The standard InChI is InChI=1S/C12H14BrNO4/c1-3-17-12(16)8-14(2)11(15)7-5-9-4-6-10(13)18-9/h4-7H,3,8H2,1-2H3. The fourth-order valence-corrected chi connectivity index (χ4v) is 1.50. The summed E-state index contributed by atoms with van der Waals surface area (Å²) in [4.78, 5) is 24.1. The maximum atomic E-state index is 11.6. The number of hydrogen-bond acceptors (Lipinski definition) is 4. The summed E-state index contributed by atoms with van der Waals surface area (Å²) < 4.78 is 10.5. The molecule has 0 N–H and O–H groups in total. The summed E-state index contributed by atoms with van der Waals surface area (Å²) in [6.07, 6.45) is 2.87. The van der Waals surface area contributed by atoms with E-state index in [1.807, 2.05) is 0 Å². The molecule has 0 aliphatic heterocycles. The van der Waals surface area contributed by atoms with E-state index >= 15 is 0 Å². The van der Waals surface area contributed by atoms with Crippen molar-refractivity contribution in [3.63, 3.8) is 0 Å². The largest absolute Gasteiger partial charge is 0.465 e. The highest BCUT2D eigenvalue weighted by Gasteiger charge is 2.10. The average Bonchev–Trinajstić information content (AvgIpc) is 2.72. The minimum atomic E-state index is -0.428. The highest BCUT2D eigenvalue weighted by molar-refractivity contribution is 9.10. The van der Waals surface area contributed by atoms with Gasteiger partial charge in [0.15, 0.2) is 4.67 Å². The molecule has 0 saturated carbocycles. The fourth-order valence-electron chi connectivity index (χ4n) is 1.18. The van der Waals surface area contributed by atoms with Gasteiger partial charge in [0.2, 0.25) is 5.91 Å². The number of esters is 1. The van der Waals surface area contributed by atoms with Gasteiger partial charge in [-0.1, -0.05) is 0 Å². The SMILES string of the molecule is CCOC(=O)CN(C)C(=O)C=Cc1ccc(Br)o1. The Morgan fingerprint density at radius 3 is 2.78 bits per heavy atom. The van der Waals surface area contributed by atoms with Gasteiger partial charge in [0.1, 0.15) is 12.3 Å². The normalized spacial score (nSPS) is 10.6. The molecule has 1 aromatic heterocycles. The molecule has 0 atom stereocenters. The summed E-state index contributed by atoms with van der Waals surface area (Å²) in [7, 11) is 1.53. The first-order chi connectivity index (χ1) is 8.52. The van der Waals surface area contributed by atoms with E-state index in [2.05, 4.69) is 15.9 Å². The molecule has 0 radical (unpaired) electrons. The Bertz CT molecular complexity index is 453. The number of carbonyl (C=O) groups is 2. The summed E-state index contributed by atoms with van der Waals surface area (Å²) in [5.41, 5.74) is 0. The van der Waals surface area contributed by atoms with Gasteiger partial charge in [0, 0.05) is 13.1 Å². The Balaban J connectivity index is 2.49. The van der Waals surface area contributed by atoms with Crippen LogP contribution < -0.4 is 0 Å². The molecule has 0 aliphatic carbocycles. The van der Waals surface area contributed by atoms with E-state index < -0.39 is 5.97 Å². The molecule has 1 amide bonds. The highest BCUT2D eigenvalue weighted by Crippen LogP contribution is 2.15. The number of carbonyl (C=O) groups excluding carboxylic acids is 2. The van der Waals surface area contributed by atoms with Gasteiger partial charge < -0.3 is 14.1 Å². The van der Waals surface area contributed by atoms with Crippen molar-refractivity contribution in [3.8, 4) is 0 Å². The molecular formula is C12H14BrNO4. The van der Waals surface area contributed by atoms with E-state index in [-0.39, 0.29) is 12.5 Å². The molecule has 0 aromatic carbocycles. The summed E-state index contributed by atoms with van der Waals surface area (Å²) in [5.74, 6) is -0.169. The number of nitrogens with zero attached hydrogens (tertiary/aromatic N) is 1. The van der Waals surface area contributed by atoms with Crippen LogP contribution >= 0.6 is 15.9 Å². The zero-order valence-corrected chi connectivity index (χ0v) is 11.8. The number of halogens is 1. The van der Waals surface area contributed by atoms with Gasteiger partial charge in [-0.05, 0) is 41.1 Å². The second kappa shape index (κ2) is 7.00. The summed E-state index contributed by atoms with van der Waals surface area (Å²) >= 11 is 3.16. The molecule has 0 bridgehead atoms. The lowest BCUT2D eigenvalue weighted by molar-refractivity contribution is -0.146. The van der Waals surface area contributed by atoms with Gasteiger partial charge >= 0.3 is 5.97 Å². The summed E-state index contributed by atoms with van der Waals surface area (Å²) in [5, 5.41) is 0. The van der Waals surface area contributed by atoms with Crippen molar-refractivity contribution < 1.29 is 18.7 Å². The van der Waals surface area contributed by atoms with Crippen molar-refractivity contribution >= 4 is 33.9 Å².